The van der Waals surface area contributed by atoms with E-state index in [9.17, 15) is 4.79 Å². The van der Waals surface area contributed by atoms with Crippen LogP contribution in [0.15, 0.2) is 24.3 Å². The summed E-state index contributed by atoms with van der Waals surface area (Å²) in [5.74, 6) is 0.211. The van der Waals surface area contributed by atoms with Gasteiger partial charge in [0, 0.05) is 25.2 Å². The van der Waals surface area contributed by atoms with E-state index in [-0.39, 0.29) is 18.4 Å². The first-order valence-electron chi connectivity index (χ1n) is 10.7. The quantitative estimate of drug-likeness (QED) is 0.822. The molecule has 5 heteroatoms. The number of nitrogens with zero attached hydrogens (tertiary/aromatic N) is 2. The number of aliphatic hydroxyl groups is 1. The molecule has 148 valence electrons. The molecule has 0 aromatic heterocycles. The molecule has 27 heavy (non-hydrogen) atoms. The number of benzene rings is 1. The standard InChI is InChI=1S/C22H33N3O2/c26-13-9-23-22(27)19-6-3-10-25(16-19)20-7-11-24(12-8-20)21-14-17-4-1-2-5-18(17)15-21/h1-2,4-5,19-21,26H,3,6-16H2,(H,23,27). The summed E-state index contributed by atoms with van der Waals surface area (Å²) in [5.41, 5.74) is 3.08. The molecule has 2 fully saturated rings. The van der Waals surface area contributed by atoms with Gasteiger partial charge < -0.3 is 10.4 Å². The fourth-order valence-electron chi connectivity index (χ4n) is 5.29. The number of nitrogens with one attached hydrogen (secondary N) is 1. The van der Waals surface area contributed by atoms with Crippen LogP contribution in [-0.2, 0) is 17.6 Å². The number of rotatable bonds is 5. The fourth-order valence-corrected chi connectivity index (χ4v) is 5.29. The second kappa shape index (κ2) is 8.72. The van der Waals surface area contributed by atoms with Crippen molar-refractivity contribution >= 4 is 5.91 Å². The number of fused-ring (bicyclic) bond motifs is 1. The third-order valence-electron chi connectivity index (χ3n) is 6.80. The van der Waals surface area contributed by atoms with Gasteiger partial charge in [-0.25, -0.2) is 0 Å². The molecular formula is C22H33N3O2. The highest BCUT2D eigenvalue weighted by Gasteiger charge is 2.34. The summed E-state index contributed by atoms with van der Waals surface area (Å²) in [5, 5.41) is 11.8. The minimum absolute atomic E-state index is 0.0195. The Kier molecular flexibility index (Phi) is 6.11. The van der Waals surface area contributed by atoms with Crippen LogP contribution < -0.4 is 5.32 Å². The number of piperidine rings is 2. The summed E-state index contributed by atoms with van der Waals surface area (Å²) in [6.45, 7) is 4.77. The maximum atomic E-state index is 12.3. The van der Waals surface area contributed by atoms with Gasteiger partial charge in [0.05, 0.1) is 12.5 Å². The fraction of sp³-hybridized carbons (Fsp3) is 0.682. The second-order valence-corrected chi connectivity index (χ2v) is 8.45. The maximum Gasteiger partial charge on any atom is 0.224 e. The summed E-state index contributed by atoms with van der Waals surface area (Å²) < 4.78 is 0. The Bertz CT molecular complexity index is 617. The Balaban J connectivity index is 1.26. The minimum atomic E-state index is 0.0195. The molecule has 1 atom stereocenters. The van der Waals surface area contributed by atoms with Crippen LogP contribution in [0.1, 0.15) is 36.8 Å². The molecule has 0 spiro atoms. The van der Waals surface area contributed by atoms with Crippen molar-refractivity contribution in [2.24, 2.45) is 5.92 Å². The summed E-state index contributed by atoms with van der Waals surface area (Å²) in [6, 6.07) is 10.2. The third-order valence-corrected chi connectivity index (χ3v) is 6.80. The zero-order valence-corrected chi connectivity index (χ0v) is 16.3. The van der Waals surface area contributed by atoms with Crippen molar-refractivity contribution in [3.05, 3.63) is 35.4 Å². The van der Waals surface area contributed by atoms with Crippen molar-refractivity contribution in [3.8, 4) is 0 Å². The molecule has 3 aliphatic rings. The third kappa shape index (κ3) is 4.36. The number of likely N-dealkylation sites (tertiary alicyclic amines) is 2. The SMILES string of the molecule is O=C(NCCO)C1CCCN(C2CCN(C3Cc4ccccc4C3)CC2)C1. The van der Waals surface area contributed by atoms with E-state index in [0.29, 0.717) is 18.6 Å². The number of amides is 1. The lowest BCUT2D eigenvalue weighted by atomic mass is 9.92. The van der Waals surface area contributed by atoms with E-state index in [1.54, 1.807) is 0 Å². The monoisotopic (exact) mass is 371 g/mol. The normalized spacial score (nSPS) is 25.4. The van der Waals surface area contributed by atoms with E-state index in [1.165, 1.54) is 49.9 Å². The summed E-state index contributed by atoms with van der Waals surface area (Å²) >= 11 is 0. The average Bonchev–Trinajstić information content (AvgIpc) is 3.16. The van der Waals surface area contributed by atoms with Gasteiger partial charge in [0.1, 0.15) is 0 Å². The molecule has 1 unspecified atom stereocenters. The molecule has 1 aromatic carbocycles. The lowest BCUT2D eigenvalue weighted by molar-refractivity contribution is -0.127. The van der Waals surface area contributed by atoms with E-state index in [0.717, 1.165) is 25.9 Å². The Morgan fingerprint density at radius 2 is 1.70 bits per heavy atom. The number of hydrogen-bond acceptors (Lipinski definition) is 4. The van der Waals surface area contributed by atoms with Crippen LogP contribution in [0.25, 0.3) is 0 Å². The Morgan fingerprint density at radius 3 is 2.37 bits per heavy atom. The van der Waals surface area contributed by atoms with E-state index < -0.39 is 0 Å². The topological polar surface area (TPSA) is 55.8 Å². The van der Waals surface area contributed by atoms with Crippen molar-refractivity contribution in [3.63, 3.8) is 0 Å². The molecule has 0 radical (unpaired) electrons. The lowest BCUT2D eigenvalue weighted by Gasteiger charge is -2.43. The molecule has 1 aliphatic carbocycles. The Hall–Kier alpha value is -1.43. The van der Waals surface area contributed by atoms with Gasteiger partial charge in [0.2, 0.25) is 5.91 Å². The van der Waals surface area contributed by atoms with Crippen LogP contribution in [0, 0.1) is 5.92 Å². The van der Waals surface area contributed by atoms with E-state index >= 15 is 0 Å². The van der Waals surface area contributed by atoms with Gasteiger partial charge in [0.25, 0.3) is 0 Å². The molecule has 1 aromatic rings. The summed E-state index contributed by atoms with van der Waals surface area (Å²) in [6.07, 6.45) is 6.94. The highest BCUT2D eigenvalue weighted by atomic mass is 16.3. The predicted molar refractivity (Wildman–Crippen MR) is 107 cm³/mol. The van der Waals surface area contributed by atoms with Crippen molar-refractivity contribution in [2.75, 3.05) is 39.3 Å². The Morgan fingerprint density at radius 1 is 1.00 bits per heavy atom. The molecule has 0 bridgehead atoms. The number of carbonyl (C=O) groups excluding carboxylic acids is 1. The van der Waals surface area contributed by atoms with Crippen LogP contribution in [0.3, 0.4) is 0 Å². The first-order valence-corrected chi connectivity index (χ1v) is 10.7. The first-order chi connectivity index (χ1) is 13.2. The van der Waals surface area contributed by atoms with Crippen molar-refractivity contribution < 1.29 is 9.90 Å². The largest absolute Gasteiger partial charge is 0.395 e. The van der Waals surface area contributed by atoms with Crippen LogP contribution in [0.5, 0.6) is 0 Å². The second-order valence-electron chi connectivity index (χ2n) is 8.45. The molecule has 5 nitrogen and oxygen atoms in total. The summed E-state index contributed by atoms with van der Waals surface area (Å²) in [7, 11) is 0. The molecule has 2 saturated heterocycles. The van der Waals surface area contributed by atoms with Gasteiger partial charge >= 0.3 is 0 Å². The summed E-state index contributed by atoms with van der Waals surface area (Å²) in [4.78, 5) is 17.5. The molecule has 2 aliphatic heterocycles. The van der Waals surface area contributed by atoms with Crippen molar-refractivity contribution in [2.45, 2.75) is 50.6 Å². The molecule has 1 amide bonds. The smallest absolute Gasteiger partial charge is 0.224 e. The lowest BCUT2D eigenvalue weighted by Crippen LogP contribution is -2.52. The van der Waals surface area contributed by atoms with Crippen LogP contribution >= 0.6 is 0 Å². The highest BCUT2D eigenvalue weighted by molar-refractivity contribution is 5.78. The average molecular weight is 372 g/mol. The molecule has 4 rings (SSSR count). The van der Waals surface area contributed by atoms with Gasteiger partial charge in [-0.15, -0.1) is 0 Å². The number of aliphatic hydroxyl groups excluding tert-OH is 1. The van der Waals surface area contributed by atoms with Gasteiger partial charge in [-0.2, -0.15) is 0 Å². The van der Waals surface area contributed by atoms with E-state index in [1.807, 2.05) is 0 Å². The zero-order chi connectivity index (χ0) is 18.6. The molecule has 2 N–H and O–H groups in total. The predicted octanol–water partition coefficient (Wildman–Crippen LogP) is 1.44. The van der Waals surface area contributed by atoms with Crippen molar-refractivity contribution in [1.29, 1.82) is 0 Å². The maximum absolute atomic E-state index is 12.3. The molecular weight excluding hydrogens is 338 g/mol. The van der Waals surface area contributed by atoms with Gasteiger partial charge in [0.15, 0.2) is 0 Å². The van der Waals surface area contributed by atoms with Crippen LogP contribution in [0.2, 0.25) is 0 Å². The van der Waals surface area contributed by atoms with E-state index in [4.69, 9.17) is 5.11 Å². The van der Waals surface area contributed by atoms with Crippen LogP contribution in [-0.4, -0.2) is 72.2 Å². The number of carbonyl (C=O) groups is 1. The zero-order valence-electron chi connectivity index (χ0n) is 16.3. The van der Waals surface area contributed by atoms with Gasteiger partial charge in [-0.05, 0) is 69.3 Å². The first kappa shape index (κ1) is 18.9. The number of hydrogen-bond donors (Lipinski definition) is 2. The highest BCUT2D eigenvalue weighted by Crippen LogP contribution is 2.29. The van der Waals surface area contributed by atoms with Gasteiger partial charge in [-0.1, -0.05) is 24.3 Å². The van der Waals surface area contributed by atoms with E-state index in [2.05, 4.69) is 39.4 Å². The van der Waals surface area contributed by atoms with Gasteiger partial charge in [-0.3, -0.25) is 14.6 Å². The molecule has 2 heterocycles. The van der Waals surface area contributed by atoms with Crippen molar-refractivity contribution in [1.82, 2.24) is 15.1 Å². The Labute approximate surface area is 162 Å². The molecule has 0 saturated carbocycles. The van der Waals surface area contributed by atoms with Crippen LogP contribution in [0.4, 0.5) is 0 Å². The minimum Gasteiger partial charge on any atom is -0.395 e.